The standard InChI is InChI=1S/C16H18N6O3S/c1-16(2,3)24-15(23)19-9-6-4-5-8(7-9)12-21-13(25-22-12)10-11(17)20-14(18)26-10/h4-7H,17H2,1-3H3,(H2,18,20)(H,19,23). The molecule has 3 aromatic rings. The minimum atomic E-state index is -0.583. The number of carbonyl (C=O) groups is 1. The quantitative estimate of drug-likeness (QED) is 0.633. The van der Waals surface area contributed by atoms with Crippen LogP contribution in [0.4, 0.5) is 21.4 Å². The van der Waals surface area contributed by atoms with Crippen molar-refractivity contribution in [3.8, 4) is 22.2 Å². The Bertz CT molecular complexity index is 944. The lowest BCUT2D eigenvalue weighted by Crippen LogP contribution is -2.27. The number of hydrogen-bond acceptors (Lipinski definition) is 9. The number of thiazole rings is 1. The lowest BCUT2D eigenvalue weighted by Gasteiger charge is -2.19. The minimum Gasteiger partial charge on any atom is -0.444 e. The van der Waals surface area contributed by atoms with Gasteiger partial charge >= 0.3 is 6.09 Å². The van der Waals surface area contributed by atoms with Gasteiger partial charge in [0.15, 0.2) is 5.13 Å². The van der Waals surface area contributed by atoms with E-state index in [1.165, 1.54) is 0 Å². The first kappa shape index (κ1) is 17.7. The molecule has 0 aliphatic heterocycles. The third-order valence-corrected chi connectivity index (χ3v) is 3.94. The number of ether oxygens (including phenoxy) is 1. The Kier molecular flexibility index (Phi) is 4.51. The largest absolute Gasteiger partial charge is 0.444 e. The van der Waals surface area contributed by atoms with Gasteiger partial charge in [-0.3, -0.25) is 5.32 Å². The number of rotatable bonds is 3. The smallest absolute Gasteiger partial charge is 0.412 e. The Hall–Kier alpha value is -3.14. The number of nitrogen functional groups attached to an aromatic ring is 2. The molecule has 5 N–H and O–H groups in total. The molecule has 0 aliphatic rings. The molecular formula is C16H18N6O3S. The van der Waals surface area contributed by atoms with Crippen molar-refractivity contribution in [3.63, 3.8) is 0 Å². The van der Waals surface area contributed by atoms with Gasteiger partial charge in [0, 0.05) is 11.3 Å². The van der Waals surface area contributed by atoms with Crippen molar-refractivity contribution in [3.05, 3.63) is 24.3 Å². The van der Waals surface area contributed by atoms with E-state index in [-0.39, 0.29) is 11.7 Å². The normalized spacial score (nSPS) is 11.3. The van der Waals surface area contributed by atoms with Gasteiger partial charge in [-0.05, 0) is 32.9 Å². The van der Waals surface area contributed by atoms with Gasteiger partial charge in [-0.1, -0.05) is 28.6 Å². The number of aromatic nitrogens is 3. The highest BCUT2D eigenvalue weighted by Gasteiger charge is 2.18. The zero-order chi connectivity index (χ0) is 18.9. The molecule has 2 heterocycles. The fourth-order valence-corrected chi connectivity index (χ4v) is 2.77. The van der Waals surface area contributed by atoms with Gasteiger partial charge in [0.05, 0.1) is 0 Å². The predicted octanol–water partition coefficient (Wildman–Crippen LogP) is 3.37. The van der Waals surface area contributed by atoms with Crippen molar-refractivity contribution >= 4 is 34.1 Å². The number of benzene rings is 1. The van der Waals surface area contributed by atoms with Crippen LogP contribution in [0, 0.1) is 0 Å². The summed E-state index contributed by atoms with van der Waals surface area (Å²) in [6.45, 7) is 5.38. The number of hydrogen-bond donors (Lipinski definition) is 3. The van der Waals surface area contributed by atoms with Gasteiger partial charge in [-0.2, -0.15) is 4.98 Å². The van der Waals surface area contributed by atoms with E-state index in [4.69, 9.17) is 20.7 Å². The van der Waals surface area contributed by atoms with Gasteiger partial charge < -0.3 is 20.7 Å². The molecule has 0 spiro atoms. The lowest BCUT2D eigenvalue weighted by molar-refractivity contribution is 0.0636. The summed E-state index contributed by atoms with van der Waals surface area (Å²) in [4.78, 5) is 20.7. The Morgan fingerprint density at radius 2 is 2.04 bits per heavy atom. The second-order valence-corrected chi connectivity index (χ2v) is 7.43. The van der Waals surface area contributed by atoms with Gasteiger partial charge in [0.2, 0.25) is 5.82 Å². The van der Waals surface area contributed by atoms with E-state index in [9.17, 15) is 4.79 Å². The van der Waals surface area contributed by atoms with E-state index in [0.717, 1.165) is 11.3 Å². The summed E-state index contributed by atoms with van der Waals surface area (Å²) in [5, 5.41) is 6.93. The summed E-state index contributed by atoms with van der Waals surface area (Å²) in [5.74, 6) is 0.819. The molecule has 10 heteroatoms. The monoisotopic (exact) mass is 374 g/mol. The molecule has 0 radical (unpaired) electrons. The summed E-state index contributed by atoms with van der Waals surface area (Å²) in [6, 6.07) is 7.00. The highest BCUT2D eigenvalue weighted by molar-refractivity contribution is 7.19. The fourth-order valence-electron chi connectivity index (χ4n) is 2.09. The van der Waals surface area contributed by atoms with Gasteiger partial charge in [0.1, 0.15) is 16.3 Å². The van der Waals surface area contributed by atoms with Crippen molar-refractivity contribution < 1.29 is 14.1 Å². The highest BCUT2D eigenvalue weighted by Crippen LogP contribution is 2.33. The molecule has 0 atom stereocenters. The Balaban J connectivity index is 1.81. The molecule has 0 saturated carbocycles. The number of amides is 1. The van der Waals surface area contributed by atoms with Crippen LogP contribution < -0.4 is 16.8 Å². The van der Waals surface area contributed by atoms with Crippen molar-refractivity contribution in [1.82, 2.24) is 15.1 Å². The van der Waals surface area contributed by atoms with Crippen LogP contribution in [0.3, 0.4) is 0 Å². The van der Waals surface area contributed by atoms with E-state index < -0.39 is 11.7 Å². The Morgan fingerprint density at radius 3 is 2.69 bits per heavy atom. The first-order valence-corrected chi connectivity index (χ1v) is 8.49. The Morgan fingerprint density at radius 1 is 1.27 bits per heavy atom. The second-order valence-electron chi connectivity index (χ2n) is 6.40. The number of nitrogens with zero attached hydrogens (tertiary/aromatic N) is 3. The average Bonchev–Trinajstić information content (AvgIpc) is 3.12. The highest BCUT2D eigenvalue weighted by atomic mass is 32.1. The van der Waals surface area contributed by atoms with Crippen LogP contribution in [-0.2, 0) is 4.74 Å². The summed E-state index contributed by atoms with van der Waals surface area (Å²) in [7, 11) is 0. The van der Waals surface area contributed by atoms with Crippen LogP contribution in [0.25, 0.3) is 22.2 Å². The molecule has 2 aromatic heterocycles. The van der Waals surface area contributed by atoms with E-state index in [2.05, 4.69) is 20.4 Å². The van der Waals surface area contributed by atoms with E-state index in [1.54, 1.807) is 45.0 Å². The Labute approximate surface area is 153 Å². The number of anilines is 3. The van der Waals surface area contributed by atoms with Crippen molar-refractivity contribution in [2.45, 2.75) is 26.4 Å². The minimum absolute atomic E-state index is 0.234. The molecule has 0 saturated heterocycles. The number of nitrogens with two attached hydrogens (primary N) is 2. The molecule has 26 heavy (non-hydrogen) atoms. The first-order valence-electron chi connectivity index (χ1n) is 7.67. The molecule has 1 aromatic carbocycles. The summed E-state index contributed by atoms with van der Waals surface area (Å²) in [5.41, 5.74) is 12.0. The SMILES string of the molecule is CC(C)(C)OC(=O)Nc1cccc(-c2noc(-c3sc(N)nc3N)n2)c1. The topological polar surface area (TPSA) is 142 Å². The maximum absolute atomic E-state index is 11.9. The first-order chi connectivity index (χ1) is 12.2. The van der Waals surface area contributed by atoms with Crippen LogP contribution in [0.15, 0.2) is 28.8 Å². The van der Waals surface area contributed by atoms with Crippen molar-refractivity contribution in [1.29, 1.82) is 0 Å². The van der Waals surface area contributed by atoms with Crippen LogP contribution in [0.2, 0.25) is 0 Å². The summed E-state index contributed by atoms with van der Waals surface area (Å²) >= 11 is 1.16. The lowest BCUT2D eigenvalue weighted by atomic mass is 10.2. The van der Waals surface area contributed by atoms with Gasteiger partial charge in [-0.15, -0.1) is 0 Å². The molecular weight excluding hydrogens is 356 g/mol. The summed E-state index contributed by atoms with van der Waals surface area (Å²) < 4.78 is 10.5. The maximum atomic E-state index is 11.9. The fraction of sp³-hybridized carbons (Fsp3) is 0.250. The molecule has 9 nitrogen and oxygen atoms in total. The van der Waals surface area contributed by atoms with Crippen LogP contribution in [0.1, 0.15) is 20.8 Å². The molecule has 1 amide bonds. The van der Waals surface area contributed by atoms with Crippen LogP contribution in [-0.4, -0.2) is 26.8 Å². The average molecular weight is 374 g/mol. The molecule has 0 aliphatic carbocycles. The van der Waals surface area contributed by atoms with Gasteiger partial charge in [-0.25, -0.2) is 9.78 Å². The van der Waals surface area contributed by atoms with Crippen LogP contribution >= 0.6 is 11.3 Å². The zero-order valence-corrected chi connectivity index (χ0v) is 15.3. The number of nitrogens with one attached hydrogen (secondary N) is 1. The molecule has 136 valence electrons. The van der Waals surface area contributed by atoms with E-state index >= 15 is 0 Å². The van der Waals surface area contributed by atoms with E-state index in [1.807, 2.05) is 0 Å². The maximum Gasteiger partial charge on any atom is 0.412 e. The van der Waals surface area contributed by atoms with E-state index in [0.29, 0.717) is 27.1 Å². The van der Waals surface area contributed by atoms with Crippen molar-refractivity contribution in [2.75, 3.05) is 16.8 Å². The van der Waals surface area contributed by atoms with Gasteiger partial charge in [0.25, 0.3) is 5.89 Å². The second kappa shape index (κ2) is 6.64. The van der Waals surface area contributed by atoms with Crippen LogP contribution in [0.5, 0.6) is 0 Å². The molecule has 3 rings (SSSR count). The van der Waals surface area contributed by atoms with Crippen molar-refractivity contribution in [2.24, 2.45) is 0 Å². The third kappa shape index (κ3) is 4.09. The molecule has 0 fully saturated rings. The number of carbonyl (C=O) groups excluding carboxylic acids is 1. The zero-order valence-electron chi connectivity index (χ0n) is 14.4. The predicted molar refractivity (Wildman–Crippen MR) is 99.5 cm³/mol. The third-order valence-electron chi connectivity index (χ3n) is 3.06. The molecule has 0 unspecified atom stereocenters. The summed E-state index contributed by atoms with van der Waals surface area (Å²) in [6.07, 6.45) is -0.545. The molecule has 0 bridgehead atoms.